The third kappa shape index (κ3) is 14.9. The summed E-state index contributed by atoms with van der Waals surface area (Å²) < 4.78 is 27.7. The van der Waals surface area contributed by atoms with Gasteiger partial charge in [-0.2, -0.15) is 0 Å². The first-order valence-electron chi connectivity index (χ1n) is 9.24. The molecule has 0 radical (unpaired) electrons. The topological polar surface area (TPSA) is 110 Å². The minimum atomic E-state index is -2.98. The van der Waals surface area contributed by atoms with Crippen molar-refractivity contribution in [3.05, 3.63) is 0 Å². The Morgan fingerprint density at radius 3 is 2.26 bits per heavy atom. The number of hydrogen-bond acceptors (Lipinski definition) is 6. The first-order chi connectivity index (χ1) is 12.3. The van der Waals surface area contributed by atoms with Gasteiger partial charge in [0.15, 0.2) is 8.87 Å². The van der Waals surface area contributed by atoms with Crippen LogP contribution in [0.5, 0.6) is 0 Å². The molecule has 27 heavy (non-hydrogen) atoms. The van der Waals surface area contributed by atoms with Gasteiger partial charge in [0.2, 0.25) is 5.91 Å². The summed E-state index contributed by atoms with van der Waals surface area (Å²) in [6.45, 7) is 8.04. The van der Waals surface area contributed by atoms with Crippen molar-refractivity contribution in [2.75, 3.05) is 25.2 Å². The number of hydrogen-bond donors (Lipinski definition) is 2. The molecule has 0 spiro atoms. The molecule has 0 aromatic heterocycles. The number of carbonyl (C=O) groups is 2. The molecule has 0 unspecified atom stereocenters. The Morgan fingerprint density at radius 1 is 1.07 bits per heavy atom. The highest BCUT2D eigenvalue weighted by molar-refractivity contribution is 8.71. The molecule has 0 aliphatic carbocycles. The van der Waals surface area contributed by atoms with Crippen molar-refractivity contribution < 1.29 is 27.9 Å². The van der Waals surface area contributed by atoms with Gasteiger partial charge in [-0.05, 0) is 64.2 Å². The van der Waals surface area contributed by atoms with Gasteiger partial charge in [0, 0.05) is 31.6 Å². The van der Waals surface area contributed by atoms with E-state index in [1.54, 1.807) is 13.8 Å². The summed E-state index contributed by atoms with van der Waals surface area (Å²) in [5.41, 5.74) is -1.26. The van der Waals surface area contributed by atoms with Crippen LogP contribution in [0.3, 0.4) is 0 Å². The third-order valence-corrected chi connectivity index (χ3v) is 6.86. The van der Waals surface area contributed by atoms with Crippen LogP contribution in [-0.4, -0.2) is 56.2 Å². The Hall–Kier alpha value is -0.800. The fraction of sp³-hybridized carbons (Fsp3) is 0.889. The highest BCUT2D eigenvalue weighted by atomic mass is 33.1. The third-order valence-electron chi connectivity index (χ3n) is 4.19. The van der Waals surface area contributed by atoms with E-state index in [9.17, 15) is 18.0 Å². The van der Waals surface area contributed by atoms with Crippen molar-refractivity contribution in [2.24, 2.45) is 5.41 Å². The lowest BCUT2D eigenvalue weighted by Crippen LogP contribution is -2.34. The first kappa shape index (κ1) is 26.2. The van der Waals surface area contributed by atoms with Gasteiger partial charge in [0.05, 0.1) is 11.0 Å². The molecule has 0 heterocycles. The van der Waals surface area contributed by atoms with Crippen molar-refractivity contribution in [3.8, 4) is 0 Å². The summed E-state index contributed by atoms with van der Waals surface area (Å²) in [7, 11) is -2.03. The van der Waals surface area contributed by atoms with Gasteiger partial charge < -0.3 is 15.2 Å². The Bertz CT molecular complexity index is 572. The average Bonchev–Trinajstić information content (AvgIpc) is 2.48. The van der Waals surface area contributed by atoms with Crippen LogP contribution < -0.4 is 5.32 Å². The number of amides is 1. The molecule has 160 valence electrons. The van der Waals surface area contributed by atoms with E-state index in [2.05, 4.69) is 5.32 Å². The van der Waals surface area contributed by atoms with Crippen molar-refractivity contribution in [3.63, 3.8) is 0 Å². The highest BCUT2D eigenvalue weighted by Crippen LogP contribution is 2.23. The maximum absolute atomic E-state index is 11.8. The standard InChI is InChI=1S/C18H35NO6S2/c1-17(2,16(21)22)11-13-25-18(3,4)10-12-19-15(20)9-7-6-8-14-26-27(5,23)24/h6-14H2,1-5H3,(H,19,20)(H,21,22). The lowest BCUT2D eigenvalue weighted by molar-refractivity contribution is -0.149. The molecule has 0 bridgehead atoms. The number of rotatable bonds is 15. The number of carboxylic acids is 1. The SMILES string of the molecule is CC(C)(CCNC(=O)CCCCCSS(C)(=O)=O)OCCC(C)(C)C(=O)O. The summed E-state index contributed by atoms with van der Waals surface area (Å²) >= 11 is 0. The minimum absolute atomic E-state index is 0.0198. The van der Waals surface area contributed by atoms with Gasteiger partial charge >= 0.3 is 5.97 Å². The molecule has 0 aromatic rings. The lowest BCUT2D eigenvalue weighted by Gasteiger charge is -2.27. The smallest absolute Gasteiger partial charge is 0.309 e. The summed E-state index contributed by atoms with van der Waals surface area (Å²) in [6, 6.07) is 0. The molecule has 0 atom stereocenters. The monoisotopic (exact) mass is 425 g/mol. The molecule has 0 aliphatic heterocycles. The quantitative estimate of drug-likeness (QED) is 0.306. The van der Waals surface area contributed by atoms with Gasteiger partial charge in [-0.15, -0.1) is 0 Å². The fourth-order valence-corrected chi connectivity index (χ4v) is 4.01. The molecule has 0 fully saturated rings. The number of nitrogens with one attached hydrogen (secondary N) is 1. The molecule has 7 nitrogen and oxygen atoms in total. The van der Waals surface area contributed by atoms with Gasteiger partial charge in [0.25, 0.3) is 0 Å². The normalized spacial score (nSPS) is 12.8. The maximum atomic E-state index is 11.8. The van der Waals surface area contributed by atoms with Crippen molar-refractivity contribution in [2.45, 2.75) is 71.8 Å². The van der Waals surface area contributed by atoms with Crippen LogP contribution in [0.25, 0.3) is 0 Å². The van der Waals surface area contributed by atoms with E-state index < -0.39 is 25.9 Å². The summed E-state index contributed by atoms with van der Waals surface area (Å²) in [5.74, 6) is -0.301. The van der Waals surface area contributed by atoms with Crippen LogP contribution >= 0.6 is 10.8 Å². The maximum Gasteiger partial charge on any atom is 0.309 e. The van der Waals surface area contributed by atoms with E-state index in [0.29, 0.717) is 38.2 Å². The summed E-state index contributed by atoms with van der Waals surface area (Å²) in [6.07, 6.45) is 5.02. The number of carboxylic acid groups (broad SMARTS) is 1. The molecule has 0 rings (SSSR count). The predicted octanol–water partition coefficient (Wildman–Crippen LogP) is 3.04. The Kier molecular flexibility index (Phi) is 11.6. The summed E-state index contributed by atoms with van der Waals surface area (Å²) in [4.78, 5) is 22.9. The molecule has 0 saturated heterocycles. The zero-order valence-electron chi connectivity index (χ0n) is 17.2. The van der Waals surface area contributed by atoms with E-state index in [-0.39, 0.29) is 5.91 Å². The minimum Gasteiger partial charge on any atom is -0.481 e. The molecule has 0 saturated carbocycles. The largest absolute Gasteiger partial charge is 0.481 e. The molecular weight excluding hydrogens is 390 g/mol. The second-order valence-electron chi connectivity index (χ2n) is 7.98. The molecular formula is C18H35NO6S2. The van der Waals surface area contributed by atoms with Crippen molar-refractivity contribution in [1.29, 1.82) is 0 Å². The zero-order chi connectivity index (χ0) is 21.1. The van der Waals surface area contributed by atoms with Crippen LogP contribution in [0.1, 0.15) is 66.2 Å². The zero-order valence-corrected chi connectivity index (χ0v) is 18.8. The van der Waals surface area contributed by atoms with E-state index >= 15 is 0 Å². The van der Waals surface area contributed by atoms with Crippen LogP contribution in [0.15, 0.2) is 0 Å². The molecule has 0 aliphatic rings. The van der Waals surface area contributed by atoms with Crippen LogP contribution in [0.2, 0.25) is 0 Å². The van der Waals surface area contributed by atoms with E-state index in [0.717, 1.165) is 30.1 Å². The molecule has 9 heteroatoms. The van der Waals surface area contributed by atoms with Gasteiger partial charge in [0.1, 0.15) is 0 Å². The predicted molar refractivity (Wildman–Crippen MR) is 109 cm³/mol. The summed E-state index contributed by atoms with van der Waals surface area (Å²) in [5, 5.41) is 12.0. The number of aliphatic carboxylic acids is 1. The first-order valence-corrected chi connectivity index (χ1v) is 12.6. The van der Waals surface area contributed by atoms with Crippen LogP contribution in [0, 0.1) is 5.41 Å². The van der Waals surface area contributed by atoms with E-state index in [1.807, 2.05) is 13.8 Å². The van der Waals surface area contributed by atoms with Crippen molar-refractivity contribution >= 4 is 31.5 Å². The number of unbranched alkanes of at least 4 members (excludes halogenated alkanes) is 2. The average molecular weight is 426 g/mol. The van der Waals surface area contributed by atoms with Crippen molar-refractivity contribution in [1.82, 2.24) is 5.32 Å². The number of ether oxygens (including phenoxy) is 1. The highest BCUT2D eigenvalue weighted by Gasteiger charge is 2.28. The molecule has 2 N–H and O–H groups in total. The Balaban J connectivity index is 3.84. The number of carbonyl (C=O) groups excluding carboxylic acids is 1. The van der Waals surface area contributed by atoms with Gasteiger partial charge in [-0.25, -0.2) is 8.42 Å². The Labute approximate surface area is 167 Å². The molecule has 0 aromatic carbocycles. The second-order valence-corrected chi connectivity index (χ2v) is 12.6. The van der Waals surface area contributed by atoms with Crippen LogP contribution in [-0.2, 0) is 23.2 Å². The fourth-order valence-electron chi connectivity index (χ4n) is 2.13. The lowest BCUT2D eigenvalue weighted by atomic mass is 9.90. The second kappa shape index (κ2) is 11.9. The van der Waals surface area contributed by atoms with E-state index in [4.69, 9.17) is 9.84 Å². The van der Waals surface area contributed by atoms with Gasteiger partial charge in [-0.3, -0.25) is 9.59 Å². The van der Waals surface area contributed by atoms with Crippen LogP contribution in [0.4, 0.5) is 0 Å². The van der Waals surface area contributed by atoms with E-state index in [1.165, 1.54) is 6.26 Å². The molecule has 1 amide bonds. The Morgan fingerprint density at radius 2 is 1.70 bits per heavy atom. The van der Waals surface area contributed by atoms with Gasteiger partial charge in [-0.1, -0.05) is 6.42 Å².